The smallest absolute Gasteiger partial charge is 0.410 e. The first kappa shape index (κ1) is 21.1. The number of likely N-dealkylation sites (tertiary alicyclic amines) is 1. The Hall–Kier alpha value is -2.16. The number of piperidine rings is 1. The van der Waals surface area contributed by atoms with E-state index < -0.39 is 41.8 Å². The van der Waals surface area contributed by atoms with Crippen LogP contribution in [0.3, 0.4) is 0 Å². The fourth-order valence-electron chi connectivity index (χ4n) is 2.66. The van der Waals surface area contributed by atoms with Crippen molar-refractivity contribution in [1.82, 2.24) is 4.90 Å². The third-order valence-corrected chi connectivity index (χ3v) is 4.36. The summed E-state index contributed by atoms with van der Waals surface area (Å²) in [5, 5.41) is 30.1. The van der Waals surface area contributed by atoms with E-state index in [-0.39, 0.29) is 19.8 Å². The van der Waals surface area contributed by atoms with Crippen molar-refractivity contribution in [3.63, 3.8) is 0 Å². The largest absolute Gasteiger partial charge is 0.463 e. The summed E-state index contributed by atoms with van der Waals surface area (Å²) < 4.78 is 10.4. The number of rotatable bonds is 4. The molecular weight excluding hydrogens is 354 g/mol. The minimum Gasteiger partial charge on any atom is -0.463 e. The number of benzene rings is 1. The number of aliphatic hydroxyl groups excluding tert-OH is 3. The van der Waals surface area contributed by atoms with E-state index in [0.717, 1.165) is 10.5 Å². The first-order valence-electron chi connectivity index (χ1n) is 8.80. The molecule has 1 aromatic rings. The Morgan fingerprint density at radius 2 is 1.70 bits per heavy atom. The topological polar surface area (TPSA) is 117 Å². The molecule has 2 rings (SSSR count). The molecule has 0 saturated carbocycles. The van der Waals surface area contributed by atoms with Gasteiger partial charge in [-0.1, -0.05) is 30.3 Å². The molecule has 1 fully saturated rings. The number of ether oxygens (including phenoxy) is 2. The van der Waals surface area contributed by atoms with Gasteiger partial charge in [0, 0.05) is 0 Å². The molecule has 0 spiro atoms. The van der Waals surface area contributed by atoms with E-state index in [0.29, 0.717) is 0 Å². The van der Waals surface area contributed by atoms with Crippen molar-refractivity contribution in [1.29, 1.82) is 0 Å². The number of esters is 1. The minimum atomic E-state index is -1.48. The first-order chi connectivity index (χ1) is 12.6. The summed E-state index contributed by atoms with van der Waals surface area (Å²) in [5.41, 5.74) is 0.0239. The molecule has 4 atom stereocenters. The molecule has 1 aliphatic heterocycles. The molecular formula is C19H27NO7. The van der Waals surface area contributed by atoms with Gasteiger partial charge in [0.2, 0.25) is 0 Å². The van der Waals surface area contributed by atoms with Crippen LogP contribution in [0.15, 0.2) is 30.3 Å². The number of carbonyl (C=O) groups excluding carboxylic acids is 2. The van der Waals surface area contributed by atoms with Crippen LogP contribution in [0.5, 0.6) is 0 Å². The summed E-state index contributed by atoms with van der Waals surface area (Å²) in [5.74, 6) is -0.507. The summed E-state index contributed by atoms with van der Waals surface area (Å²) in [7, 11) is 0. The molecule has 8 heteroatoms. The van der Waals surface area contributed by atoms with Crippen LogP contribution in [0.4, 0.5) is 4.79 Å². The van der Waals surface area contributed by atoms with Crippen molar-refractivity contribution >= 4 is 12.1 Å². The van der Waals surface area contributed by atoms with Gasteiger partial charge < -0.3 is 24.8 Å². The lowest BCUT2D eigenvalue weighted by Gasteiger charge is -2.42. The lowest BCUT2D eigenvalue weighted by molar-refractivity contribution is -0.166. The van der Waals surface area contributed by atoms with Crippen LogP contribution in [0.25, 0.3) is 0 Å². The zero-order chi connectivity index (χ0) is 20.2. The first-order valence-corrected chi connectivity index (χ1v) is 8.80. The Labute approximate surface area is 158 Å². The molecule has 1 saturated heterocycles. The van der Waals surface area contributed by atoms with Crippen LogP contribution < -0.4 is 0 Å². The van der Waals surface area contributed by atoms with Crippen molar-refractivity contribution in [2.75, 3.05) is 13.2 Å². The average molecular weight is 381 g/mol. The van der Waals surface area contributed by atoms with Crippen molar-refractivity contribution in [2.45, 2.75) is 51.7 Å². The van der Waals surface area contributed by atoms with E-state index in [1.807, 2.05) is 18.2 Å². The SMILES string of the molecule is CC(C)(C)C(=O)OC[C@@H]1[C@@H](O)[C@H](O)[C@H](O)CN1C(=O)OCc1ccccc1. The molecule has 0 bridgehead atoms. The predicted molar refractivity (Wildman–Crippen MR) is 95.6 cm³/mol. The van der Waals surface area contributed by atoms with E-state index in [2.05, 4.69) is 0 Å². The van der Waals surface area contributed by atoms with Crippen LogP contribution in [0, 0.1) is 5.41 Å². The quantitative estimate of drug-likeness (QED) is 0.657. The Morgan fingerprint density at radius 3 is 2.30 bits per heavy atom. The van der Waals surface area contributed by atoms with E-state index in [1.165, 1.54) is 0 Å². The second-order valence-electron chi connectivity index (χ2n) is 7.66. The molecule has 1 amide bonds. The summed E-state index contributed by atoms with van der Waals surface area (Å²) in [6, 6.07) is 8.01. The molecule has 0 radical (unpaired) electrons. The zero-order valence-corrected chi connectivity index (χ0v) is 15.7. The number of nitrogens with zero attached hydrogens (tertiary/aromatic N) is 1. The van der Waals surface area contributed by atoms with Crippen LogP contribution in [-0.2, 0) is 20.9 Å². The van der Waals surface area contributed by atoms with Crippen LogP contribution >= 0.6 is 0 Å². The lowest BCUT2D eigenvalue weighted by Crippen LogP contribution is -2.64. The third-order valence-electron chi connectivity index (χ3n) is 4.36. The van der Waals surface area contributed by atoms with Crippen molar-refractivity contribution in [3.05, 3.63) is 35.9 Å². The van der Waals surface area contributed by atoms with Gasteiger partial charge in [-0.25, -0.2) is 4.79 Å². The fraction of sp³-hybridized carbons (Fsp3) is 0.579. The summed E-state index contributed by atoms with van der Waals surface area (Å²) >= 11 is 0. The molecule has 3 N–H and O–H groups in total. The third kappa shape index (κ3) is 5.41. The molecule has 1 aliphatic rings. The van der Waals surface area contributed by atoms with Gasteiger partial charge in [0.15, 0.2) is 0 Å². The summed E-state index contributed by atoms with van der Waals surface area (Å²) in [6.45, 7) is 4.48. The van der Waals surface area contributed by atoms with Crippen molar-refractivity contribution in [2.24, 2.45) is 5.41 Å². The van der Waals surface area contributed by atoms with Gasteiger partial charge in [-0.15, -0.1) is 0 Å². The van der Waals surface area contributed by atoms with Gasteiger partial charge in [-0.2, -0.15) is 0 Å². The van der Waals surface area contributed by atoms with Crippen LogP contribution in [0.1, 0.15) is 26.3 Å². The number of hydrogen-bond acceptors (Lipinski definition) is 7. The standard InChI is InChI=1S/C19H27NO7/c1-19(2,3)17(24)26-11-13-15(22)16(23)14(21)9-20(13)18(25)27-10-12-7-5-4-6-8-12/h4-8,13-16,21-23H,9-11H2,1-3H3/t13-,14-,15-,16-/m1/s1. The van der Waals surface area contributed by atoms with Gasteiger partial charge in [0.25, 0.3) is 0 Å². The normalized spacial score (nSPS) is 25.8. The molecule has 8 nitrogen and oxygen atoms in total. The van der Waals surface area contributed by atoms with Crippen LogP contribution in [0.2, 0.25) is 0 Å². The van der Waals surface area contributed by atoms with E-state index in [4.69, 9.17) is 9.47 Å². The van der Waals surface area contributed by atoms with Gasteiger partial charge in [0.1, 0.15) is 31.5 Å². The second-order valence-corrected chi connectivity index (χ2v) is 7.66. The maximum Gasteiger partial charge on any atom is 0.410 e. The Kier molecular flexibility index (Phi) is 6.80. The highest BCUT2D eigenvalue weighted by Crippen LogP contribution is 2.22. The fourth-order valence-corrected chi connectivity index (χ4v) is 2.66. The second kappa shape index (κ2) is 8.69. The minimum absolute atomic E-state index is 0.0133. The number of carbonyl (C=O) groups is 2. The highest BCUT2D eigenvalue weighted by atomic mass is 16.6. The van der Waals surface area contributed by atoms with Gasteiger partial charge >= 0.3 is 12.1 Å². The molecule has 1 heterocycles. The molecule has 0 aliphatic carbocycles. The molecule has 27 heavy (non-hydrogen) atoms. The Morgan fingerprint density at radius 1 is 1.07 bits per heavy atom. The molecule has 1 aromatic carbocycles. The highest BCUT2D eigenvalue weighted by molar-refractivity contribution is 5.75. The highest BCUT2D eigenvalue weighted by Gasteiger charge is 2.45. The Bertz CT molecular complexity index is 643. The van der Waals surface area contributed by atoms with E-state index >= 15 is 0 Å². The zero-order valence-electron chi connectivity index (χ0n) is 15.7. The number of amides is 1. The molecule has 150 valence electrons. The van der Waals surface area contributed by atoms with Crippen molar-refractivity contribution < 1.29 is 34.4 Å². The molecule has 0 aromatic heterocycles. The predicted octanol–water partition coefficient (Wildman–Crippen LogP) is 0.679. The maximum atomic E-state index is 12.5. The molecule has 0 unspecified atom stereocenters. The summed E-state index contributed by atoms with van der Waals surface area (Å²) in [6.07, 6.45) is -5.05. The number of β-amino-alcohol motifs (C(OH)–C–C–N with tert-alkyl or cyclic N) is 1. The van der Waals surface area contributed by atoms with Gasteiger partial charge in [-0.3, -0.25) is 9.69 Å². The maximum absolute atomic E-state index is 12.5. The summed E-state index contributed by atoms with van der Waals surface area (Å²) in [4.78, 5) is 25.6. The lowest BCUT2D eigenvalue weighted by atomic mass is 9.94. The van der Waals surface area contributed by atoms with E-state index in [9.17, 15) is 24.9 Å². The van der Waals surface area contributed by atoms with Gasteiger partial charge in [0.05, 0.1) is 18.0 Å². The average Bonchev–Trinajstić information content (AvgIpc) is 2.63. The monoisotopic (exact) mass is 381 g/mol. The van der Waals surface area contributed by atoms with Crippen LogP contribution in [-0.4, -0.2) is 69.8 Å². The van der Waals surface area contributed by atoms with Gasteiger partial charge in [-0.05, 0) is 26.3 Å². The van der Waals surface area contributed by atoms with E-state index in [1.54, 1.807) is 32.9 Å². The number of aliphatic hydroxyl groups is 3. The Balaban J connectivity index is 2.06. The number of hydrogen-bond donors (Lipinski definition) is 3. The van der Waals surface area contributed by atoms with Crippen molar-refractivity contribution in [3.8, 4) is 0 Å².